The van der Waals surface area contributed by atoms with E-state index >= 15 is 0 Å². The summed E-state index contributed by atoms with van der Waals surface area (Å²) >= 11 is 0. The number of ether oxygens (including phenoxy) is 6. The van der Waals surface area contributed by atoms with Crippen LogP contribution in [-0.2, 0) is 5.41 Å². The summed E-state index contributed by atoms with van der Waals surface area (Å²) in [4.78, 5) is 0. The first-order chi connectivity index (χ1) is 30.5. The summed E-state index contributed by atoms with van der Waals surface area (Å²) in [5.41, 5.74) is 7.87. The Bertz CT molecular complexity index is 2520. The van der Waals surface area contributed by atoms with Crippen molar-refractivity contribution >= 4 is 11.1 Å². The lowest BCUT2D eigenvalue weighted by molar-refractivity contribution is 0.365. The molecule has 1 aliphatic rings. The molecule has 62 heavy (non-hydrogen) atoms. The molecule has 0 N–H and O–H groups in total. The Morgan fingerprint density at radius 2 is 0.774 bits per heavy atom. The van der Waals surface area contributed by atoms with Gasteiger partial charge >= 0.3 is 0 Å². The van der Waals surface area contributed by atoms with Gasteiger partial charge in [0.25, 0.3) is 0 Å². The maximum absolute atomic E-state index is 5.90. The summed E-state index contributed by atoms with van der Waals surface area (Å²) in [6.45, 7) is 0.658. The quantitative estimate of drug-likeness (QED) is 0.0855. The van der Waals surface area contributed by atoms with Gasteiger partial charge < -0.3 is 28.4 Å². The van der Waals surface area contributed by atoms with Gasteiger partial charge in [0.05, 0.1) is 19.6 Å². The minimum Gasteiger partial charge on any atom is -0.497 e. The van der Waals surface area contributed by atoms with Gasteiger partial charge in [-0.05, 0) is 130 Å². The second-order valence-corrected chi connectivity index (χ2v) is 14.6. The Balaban J connectivity index is 1.58. The van der Waals surface area contributed by atoms with Crippen LogP contribution in [0.1, 0.15) is 45.7 Å². The molecule has 0 radical (unpaired) electrons. The zero-order valence-corrected chi connectivity index (χ0v) is 34.8. The molecule has 6 aromatic rings. The molecule has 6 aromatic carbocycles. The smallest absolute Gasteiger partial charge is 0.148 e. The first kappa shape index (κ1) is 42.2. The molecule has 0 amide bonds. The molecule has 1 atom stereocenters. The molecule has 0 aromatic heterocycles. The number of hydrogen-bond donors (Lipinski definition) is 0. The van der Waals surface area contributed by atoms with Gasteiger partial charge in [-0.25, -0.2) is 0 Å². The molecule has 6 heteroatoms. The van der Waals surface area contributed by atoms with E-state index in [4.69, 9.17) is 54.1 Å². The molecule has 0 saturated heterocycles. The minimum atomic E-state index is -0.810. The molecule has 306 valence electrons. The number of rotatable bonds is 17. The zero-order chi connectivity index (χ0) is 43.3. The Hall–Kier alpha value is -7.90. The van der Waals surface area contributed by atoms with Crippen LogP contribution in [0.3, 0.4) is 0 Å². The SMILES string of the molecule is C#CCOc1ccc(C2=C(c3ccc(OCC#C)cc3)C(c3ccc(OC)cc3)(c3ccc(OC)cc3)C(C(c3ccc(OCC#C)cc3)c3ccc(OCC#C)cc3)C2)cc1. The Kier molecular flexibility index (Phi) is 13.6. The van der Waals surface area contributed by atoms with Crippen LogP contribution < -0.4 is 28.4 Å². The largest absolute Gasteiger partial charge is 0.497 e. The zero-order valence-electron chi connectivity index (χ0n) is 34.8. The molecule has 1 aliphatic carbocycles. The lowest BCUT2D eigenvalue weighted by Gasteiger charge is -2.44. The summed E-state index contributed by atoms with van der Waals surface area (Å²) < 4.78 is 35.0. The highest BCUT2D eigenvalue weighted by Crippen LogP contribution is 2.64. The highest BCUT2D eigenvalue weighted by Gasteiger charge is 2.54. The van der Waals surface area contributed by atoms with Crippen molar-refractivity contribution in [3.8, 4) is 83.9 Å². The summed E-state index contributed by atoms with van der Waals surface area (Å²) in [6.07, 6.45) is 22.9. The molecule has 0 fully saturated rings. The normalized spacial score (nSPS) is 13.8. The Morgan fingerprint density at radius 1 is 0.452 bits per heavy atom. The van der Waals surface area contributed by atoms with Gasteiger partial charge in [-0.2, -0.15) is 0 Å². The van der Waals surface area contributed by atoms with Crippen molar-refractivity contribution in [1.29, 1.82) is 0 Å². The van der Waals surface area contributed by atoms with Crippen LogP contribution in [0, 0.1) is 55.3 Å². The summed E-state index contributed by atoms with van der Waals surface area (Å²) in [6, 6.07) is 49.8. The fourth-order valence-corrected chi connectivity index (χ4v) is 8.69. The van der Waals surface area contributed by atoms with E-state index in [9.17, 15) is 0 Å². The van der Waals surface area contributed by atoms with Crippen LogP contribution >= 0.6 is 0 Å². The molecule has 7 rings (SSSR count). The third-order valence-corrected chi connectivity index (χ3v) is 11.3. The van der Waals surface area contributed by atoms with Gasteiger partial charge in [-0.3, -0.25) is 0 Å². The number of allylic oxidation sites excluding steroid dienone is 2. The first-order valence-corrected chi connectivity index (χ1v) is 20.2. The van der Waals surface area contributed by atoms with Crippen molar-refractivity contribution in [1.82, 2.24) is 0 Å². The van der Waals surface area contributed by atoms with E-state index in [1.54, 1.807) is 14.2 Å². The third-order valence-electron chi connectivity index (χ3n) is 11.3. The van der Waals surface area contributed by atoms with Crippen molar-refractivity contribution in [3.63, 3.8) is 0 Å². The molecule has 0 spiro atoms. The average Bonchev–Trinajstić information content (AvgIpc) is 3.68. The molecule has 6 nitrogen and oxygen atoms in total. The Morgan fingerprint density at radius 3 is 1.11 bits per heavy atom. The monoisotopic (exact) mass is 814 g/mol. The second-order valence-electron chi connectivity index (χ2n) is 14.6. The third kappa shape index (κ3) is 8.83. The van der Waals surface area contributed by atoms with Gasteiger partial charge in [0.1, 0.15) is 60.9 Å². The van der Waals surface area contributed by atoms with E-state index in [1.807, 2.05) is 72.8 Å². The molecule has 0 heterocycles. The molecule has 0 aliphatic heterocycles. The fraction of sp³-hybridized carbons (Fsp3) is 0.179. The van der Waals surface area contributed by atoms with E-state index < -0.39 is 5.41 Å². The van der Waals surface area contributed by atoms with E-state index in [0.717, 1.165) is 56.0 Å². The van der Waals surface area contributed by atoms with Crippen molar-refractivity contribution in [2.45, 2.75) is 17.8 Å². The maximum Gasteiger partial charge on any atom is 0.148 e. The Labute approximate surface area is 365 Å². The molecule has 0 bridgehead atoms. The van der Waals surface area contributed by atoms with Crippen LogP contribution in [0.15, 0.2) is 146 Å². The highest BCUT2D eigenvalue weighted by molar-refractivity contribution is 6.01. The topological polar surface area (TPSA) is 55.4 Å². The average molecular weight is 815 g/mol. The molecule has 1 unspecified atom stereocenters. The van der Waals surface area contributed by atoms with Crippen molar-refractivity contribution in [3.05, 3.63) is 179 Å². The van der Waals surface area contributed by atoms with Crippen molar-refractivity contribution < 1.29 is 28.4 Å². The van der Waals surface area contributed by atoms with E-state index in [0.29, 0.717) is 29.4 Å². The standard InChI is InChI=1S/C56H46O6/c1-7-35-59-48-23-11-40(12-24-48)52-39-53(54(41-13-25-49(26-14-41)60-36-8-2)42-15-27-50(28-16-42)61-37-9-3)56(44-19-31-46(57-5)32-20-44,45-21-33-47(58-6)34-22-45)55(52)43-17-29-51(30-18-43)62-38-10-4/h1-4,11-34,53-54H,35-39H2,5-6H3. The van der Waals surface area contributed by atoms with Crippen LogP contribution in [0.4, 0.5) is 0 Å². The lowest BCUT2D eigenvalue weighted by atomic mass is 9.58. The van der Waals surface area contributed by atoms with E-state index in [-0.39, 0.29) is 38.3 Å². The van der Waals surface area contributed by atoms with Crippen molar-refractivity contribution in [2.24, 2.45) is 5.92 Å². The fourth-order valence-electron chi connectivity index (χ4n) is 8.69. The van der Waals surface area contributed by atoms with Crippen molar-refractivity contribution in [2.75, 3.05) is 40.6 Å². The summed E-state index contributed by atoms with van der Waals surface area (Å²) in [5.74, 6) is 14.2. The van der Waals surface area contributed by atoms with Gasteiger partial charge in [-0.15, -0.1) is 25.7 Å². The van der Waals surface area contributed by atoms with Crippen LogP contribution in [0.2, 0.25) is 0 Å². The first-order valence-electron chi connectivity index (χ1n) is 20.2. The number of benzene rings is 6. The molecule has 0 saturated carbocycles. The highest BCUT2D eigenvalue weighted by atomic mass is 16.5. The minimum absolute atomic E-state index is 0.154. The number of terminal acetylenes is 4. The predicted molar refractivity (Wildman–Crippen MR) is 247 cm³/mol. The van der Waals surface area contributed by atoms with Crippen LogP contribution in [0.25, 0.3) is 11.1 Å². The van der Waals surface area contributed by atoms with E-state index in [1.165, 1.54) is 0 Å². The van der Waals surface area contributed by atoms with E-state index in [2.05, 4.69) is 96.5 Å². The number of methoxy groups -OCH3 is 2. The molecular weight excluding hydrogens is 769 g/mol. The maximum atomic E-state index is 5.90. The van der Waals surface area contributed by atoms with Gasteiger partial charge in [0.15, 0.2) is 0 Å². The molecular formula is C56H46O6. The predicted octanol–water partition coefficient (Wildman–Crippen LogP) is 10.5. The van der Waals surface area contributed by atoms with Gasteiger partial charge in [-0.1, -0.05) is 96.5 Å². The van der Waals surface area contributed by atoms with Gasteiger partial charge in [0, 0.05) is 5.92 Å². The summed E-state index contributed by atoms with van der Waals surface area (Å²) in [5, 5.41) is 0. The van der Waals surface area contributed by atoms with Crippen LogP contribution in [-0.4, -0.2) is 40.6 Å². The van der Waals surface area contributed by atoms with Crippen LogP contribution in [0.5, 0.6) is 34.5 Å². The number of hydrogen-bond acceptors (Lipinski definition) is 6. The second kappa shape index (κ2) is 19.9. The van der Waals surface area contributed by atoms with Gasteiger partial charge in [0.2, 0.25) is 0 Å². The summed E-state index contributed by atoms with van der Waals surface area (Å²) in [7, 11) is 3.36. The lowest BCUT2D eigenvalue weighted by Crippen LogP contribution is -2.38.